The number of rotatable bonds is 10. The Morgan fingerprint density at radius 2 is 1.87 bits per heavy atom. The van der Waals surface area contributed by atoms with Crippen molar-refractivity contribution in [3.63, 3.8) is 0 Å². The molecule has 164 valence electrons. The van der Waals surface area contributed by atoms with Crippen LogP contribution in [0.4, 0.5) is 11.5 Å². The van der Waals surface area contributed by atoms with Gasteiger partial charge in [0.15, 0.2) is 4.90 Å². The first kappa shape index (κ1) is 22.0. The SMILES string of the molecule is O=[N+]([O-])c1ccccc1S(=O)(=O)OCC(CO)n1cc(Cn2cccc2[N+](=O)[O-])nn1. The van der Waals surface area contributed by atoms with E-state index in [0.29, 0.717) is 5.69 Å². The van der Waals surface area contributed by atoms with E-state index < -0.39 is 49.8 Å². The van der Waals surface area contributed by atoms with Gasteiger partial charge in [-0.15, -0.1) is 5.10 Å². The minimum atomic E-state index is -4.49. The lowest BCUT2D eigenvalue weighted by molar-refractivity contribution is -0.391. The molecule has 0 fully saturated rings. The van der Waals surface area contributed by atoms with Crippen LogP contribution in [-0.4, -0.2) is 56.1 Å². The van der Waals surface area contributed by atoms with E-state index in [1.54, 1.807) is 0 Å². The maximum Gasteiger partial charge on any atom is 0.323 e. The fourth-order valence-corrected chi connectivity index (χ4v) is 3.81. The number of benzene rings is 1. The highest BCUT2D eigenvalue weighted by molar-refractivity contribution is 7.87. The number of aliphatic hydroxyl groups is 1. The lowest BCUT2D eigenvalue weighted by Gasteiger charge is -2.14. The van der Waals surface area contributed by atoms with Crippen LogP contribution in [0.15, 0.2) is 53.7 Å². The molecule has 0 radical (unpaired) electrons. The summed E-state index contributed by atoms with van der Waals surface area (Å²) in [6, 6.07) is 6.56. The Kier molecular flexibility index (Phi) is 6.38. The van der Waals surface area contributed by atoms with Crippen molar-refractivity contribution in [2.45, 2.75) is 17.5 Å². The summed E-state index contributed by atoms with van der Waals surface area (Å²) in [5, 5.41) is 39.3. The van der Waals surface area contributed by atoms with E-state index in [2.05, 4.69) is 10.3 Å². The molecular weight excluding hydrogens is 436 g/mol. The molecule has 0 spiro atoms. The van der Waals surface area contributed by atoms with Gasteiger partial charge in [0.1, 0.15) is 18.3 Å². The monoisotopic (exact) mass is 452 g/mol. The lowest BCUT2D eigenvalue weighted by Crippen LogP contribution is -2.22. The van der Waals surface area contributed by atoms with Gasteiger partial charge >= 0.3 is 15.9 Å². The molecule has 3 rings (SSSR count). The molecule has 0 amide bonds. The quantitative estimate of drug-likeness (QED) is 0.263. The largest absolute Gasteiger partial charge is 0.394 e. The van der Waals surface area contributed by atoms with E-state index >= 15 is 0 Å². The number of para-hydroxylation sites is 1. The van der Waals surface area contributed by atoms with Gasteiger partial charge in [-0.05, 0) is 17.1 Å². The molecule has 15 heteroatoms. The van der Waals surface area contributed by atoms with Gasteiger partial charge in [0.2, 0.25) is 0 Å². The molecule has 0 aliphatic heterocycles. The van der Waals surface area contributed by atoms with Gasteiger partial charge in [-0.3, -0.25) is 14.3 Å². The van der Waals surface area contributed by atoms with Crippen LogP contribution in [0.2, 0.25) is 0 Å². The Bertz CT molecular complexity index is 1200. The fourth-order valence-electron chi connectivity index (χ4n) is 2.71. The van der Waals surface area contributed by atoms with Gasteiger partial charge in [-0.25, -0.2) is 9.25 Å². The van der Waals surface area contributed by atoms with Crippen molar-refractivity contribution < 1.29 is 27.6 Å². The second-order valence-corrected chi connectivity index (χ2v) is 7.82. The lowest BCUT2D eigenvalue weighted by atomic mass is 10.3. The Morgan fingerprint density at radius 1 is 1.13 bits per heavy atom. The first-order valence-electron chi connectivity index (χ1n) is 8.67. The van der Waals surface area contributed by atoms with E-state index in [1.165, 1.54) is 41.2 Å². The molecule has 1 unspecified atom stereocenters. The molecule has 14 nitrogen and oxygen atoms in total. The molecule has 1 aromatic carbocycles. The highest BCUT2D eigenvalue weighted by Crippen LogP contribution is 2.25. The zero-order chi connectivity index (χ0) is 22.6. The van der Waals surface area contributed by atoms with Gasteiger partial charge in [0, 0.05) is 12.1 Å². The first-order chi connectivity index (χ1) is 14.7. The van der Waals surface area contributed by atoms with E-state index in [1.807, 2.05) is 0 Å². The minimum absolute atomic E-state index is 0.0246. The van der Waals surface area contributed by atoms with E-state index in [9.17, 15) is 33.8 Å². The molecule has 31 heavy (non-hydrogen) atoms. The number of aromatic nitrogens is 4. The molecule has 0 saturated heterocycles. The first-order valence-corrected chi connectivity index (χ1v) is 10.1. The predicted octanol–water partition coefficient (Wildman–Crippen LogP) is 0.883. The molecule has 0 saturated carbocycles. The van der Waals surface area contributed by atoms with Crippen molar-refractivity contribution in [1.29, 1.82) is 0 Å². The van der Waals surface area contributed by atoms with Crippen LogP contribution in [0, 0.1) is 20.2 Å². The summed E-state index contributed by atoms with van der Waals surface area (Å²) in [6.07, 6.45) is 2.87. The fraction of sp³-hybridized carbons (Fsp3) is 0.250. The standard InChI is InChI=1S/C16H16N6O8S/c23-10-13(11-30-31(28,29)15-5-2-1-4-14(15)21(24)25)20-9-12(17-18-20)8-19-7-3-6-16(19)22(26)27/h1-7,9,13,23H,8,10-11H2. The third-order valence-corrected chi connectivity index (χ3v) is 5.54. The Hall–Kier alpha value is -3.69. The molecule has 1 atom stereocenters. The van der Waals surface area contributed by atoms with Crippen molar-refractivity contribution in [3.05, 3.63) is 74.7 Å². The Labute approximate surface area is 174 Å². The van der Waals surface area contributed by atoms with Crippen molar-refractivity contribution in [3.8, 4) is 0 Å². The smallest absolute Gasteiger partial charge is 0.323 e. The summed E-state index contributed by atoms with van der Waals surface area (Å²) >= 11 is 0. The second kappa shape index (κ2) is 8.99. The molecule has 2 heterocycles. The zero-order valence-corrected chi connectivity index (χ0v) is 16.5. The molecular formula is C16H16N6O8S. The highest BCUT2D eigenvalue weighted by Gasteiger charge is 2.28. The molecule has 0 bridgehead atoms. The number of nitrogens with zero attached hydrogens (tertiary/aromatic N) is 6. The number of hydrogen-bond acceptors (Lipinski definition) is 10. The molecule has 2 aromatic heterocycles. The topological polar surface area (TPSA) is 186 Å². The Morgan fingerprint density at radius 3 is 2.55 bits per heavy atom. The van der Waals surface area contributed by atoms with Crippen molar-refractivity contribution >= 4 is 21.6 Å². The highest BCUT2D eigenvalue weighted by atomic mass is 32.2. The van der Waals surface area contributed by atoms with E-state index in [4.69, 9.17) is 4.18 Å². The molecule has 1 N–H and O–H groups in total. The van der Waals surface area contributed by atoms with Crippen LogP contribution in [0.1, 0.15) is 11.7 Å². The van der Waals surface area contributed by atoms with Gasteiger partial charge in [0.25, 0.3) is 5.69 Å². The number of nitro groups is 2. The third kappa shape index (κ3) is 4.90. The minimum Gasteiger partial charge on any atom is -0.394 e. The third-order valence-electron chi connectivity index (χ3n) is 4.21. The summed E-state index contributed by atoms with van der Waals surface area (Å²) in [6.45, 7) is -1.12. The summed E-state index contributed by atoms with van der Waals surface area (Å²) in [5.41, 5.74) is -0.321. The molecule has 3 aromatic rings. The number of nitro benzene ring substituents is 1. The average Bonchev–Trinajstić information content (AvgIpc) is 3.38. The van der Waals surface area contributed by atoms with Crippen LogP contribution < -0.4 is 0 Å². The van der Waals surface area contributed by atoms with Crippen molar-refractivity contribution in [1.82, 2.24) is 19.6 Å². The van der Waals surface area contributed by atoms with Gasteiger partial charge in [0.05, 0.1) is 30.5 Å². The van der Waals surface area contributed by atoms with Crippen molar-refractivity contribution in [2.24, 2.45) is 0 Å². The second-order valence-electron chi connectivity index (χ2n) is 6.24. The summed E-state index contributed by atoms with van der Waals surface area (Å²) < 4.78 is 32.2. The Balaban J connectivity index is 1.73. The normalized spacial score (nSPS) is 12.5. The van der Waals surface area contributed by atoms with Crippen LogP contribution in [-0.2, 0) is 20.8 Å². The maximum atomic E-state index is 12.4. The van der Waals surface area contributed by atoms with E-state index in [-0.39, 0.29) is 12.4 Å². The predicted molar refractivity (Wildman–Crippen MR) is 103 cm³/mol. The van der Waals surface area contributed by atoms with Crippen LogP contribution >= 0.6 is 0 Å². The number of aliphatic hydroxyl groups excluding tert-OH is 1. The molecule has 0 aliphatic carbocycles. The van der Waals surface area contributed by atoms with Crippen LogP contribution in [0.3, 0.4) is 0 Å². The summed E-state index contributed by atoms with van der Waals surface area (Å²) in [5.74, 6) is -0.146. The molecule has 0 aliphatic rings. The number of hydrogen-bond donors (Lipinski definition) is 1. The summed E-state index contributed by atoms with van der Waals surface area (Å²) in [4.78, 5) is 20.0. The van der Waals surface area contributed by atoms with Crippen LogP contribution in [0.25, 0.3) is 0 Å². The van der Waals surface area contributed by atoms with Crippen LogP contribution in [0.5, 0.6) is 0 Å². The zero-order valence-electron chi connectivity index (χ0n) is 15.7. The average molecular weight is 452 g/mol. The van der Waals surface area contributed by atoms with Gasteiger partial charge in [-0.1, -0.05) is 17.3 Å². The van der Waals surface area contributed by atoms with Crippen molar-refractivity contribution in [2.75, 3.05) is 13.2 Å². The summed E-state index contributed by atoms with van der Waals surface area (Å²) in [7, 11) is -4.49. The van der Waals surface area contributed by atoms with Gasteiger partial charge < -0.3 is 15.2 Å². The maximum absolute atomic E-state index is 12.4. The van der Waals surface area contributed by atoms with Gasteiger partial charge in [-0.2, -0.15) is 8.42 Å². The van der Waals surface area contributed by atoms with E-state index in [0.717, 1.165) is 16.8 Å².